The highest BCUT2D eigenvalue weighted by molar-refractivity contribution is 9.10. The Bertz CT molecular complexity index is 560. The Kier molecular flexibility index (Phi) is 4.92. The van der Waals surface area contributed by atoms with Crippen LogP contribution in [0.5, 0.6) is 0 Å². The van der Waals surface area contributed by atoms with Crippen molar-refractivity contribution in [2.75, 3.05) is 25.0 Å². The number of anilines is 1. The second kappa shape index (κ2) is 6.35. The molecule has 0 radical (unpaired) electrons. The van der Waals surface area contributed by atoms with Crippen LogP contribution in [0.3, 0.4) is 0 Å². The van der Waals surface area contributed by atoms with Gasteiger partial charge in [0.25, 0.3) is 5.56 Å². The number of likely N-dealkylation sites (N-methyl/N-ethyl adjacent to an activating group) is 1. The first-order valence-electron chi connectivity index (χ1n) is 6.56. The van der Waals surface area contributed by atoms with Gasteiger partial charge in [-0.3, -0.25) is 4.79 Å². The average Bonchev–Trinajstić information content (AvgIpc) is 2.43. The van der Waals surface area contributed by atoms with Gasteiger partial charge in [-0.1, -0.05) is 0 Å². The van der Waals surface area contributed by atoms with Crippen LogP contribution >= 0.6 is 15.9 Å². The lowest BCUT2D eigenvalue weighted by Crippen LogP contribution is -2.45. The van der Waals surface area contributed by atoms with E-state index in [1.807, 2.05) is 11.9 Å². The van der Waals surface area contributed by atoms with E-state index in [2.05, 4.69) is 26.3 Å². The van der Waals surface area contributed by atoms with Crippen LogP contribution in [0.1, 0.15) is 12.8 Å². The molecule has 1 fully saturated rings. The number of halogens is 4. The van der Waals surface area contributed by atoms with Gasteiger partial charge < -0.3 is 10.2 Å². The summed E-state index contributed by atoms with van der Waals surface area (Å²) in [7, 11) is 1.86. The van der Waals surface area contributed by atoms with Crippen LogP contribution in [-0.4, -0.2) is 42.1 Å². The number of hydrogen-bond donors (Lipinski definition) is 1. The molecule has 1 aliphatic heterocycles. The number of rotatable bonds is 3. The van der Waals surface area contributed by atoms with Crippen molar-refractivity contribution in [3.63, 3.8) is 0 Å². The van der Waals surface area contributed by atoms with Crippen molar-refractivity contribution in [3.8, 4) is 0 Å². The first kappa shape index (κ1) is 16.3. The molecular formula is C12H16BrF3N4O. The highest BCUT2D eigenvalue weighted by atomic mass is 79.9. The average molecular weight is 369 g/mol. The summed E-state index contributed by atoms with van der Waals surface area (Å²) in [5.41, 5.74) is -0.227. The zero-order valence-corrected chi connectivity index (χ0v) is 13.0. The molecule has 0 aromatic carbocycles. The minimum Gasteiger partial charge on any atom is -0.368 e. The van der Waals surface area contributed by atoms with Gasteiger partial charge in [0.05, 0.1) is 11.9 Å². The van der Waals surface area contributed by atoms with Gasteiger partial charge in [0, 0.05) is 19.1 Å². The van der Waals surface area contributed by atoms with E-state index < -0.39 is 18.3 Å². The van der Waals surface area contributed by atoms with Crippen molar-refractivity contribution < 1.29 is 13.2 Å². The van der Waals surface area contributed by atoms with Gasteiger partial charge >= 0.3 is 6.18 Å². The molecule has 5 nitrogen and oxygen atoms in total. The summed E-state index contributed by atoms with van der Waals surface area (Å²) < 4.78 is 37.7. The highest BCUT2D eigenvalue weighted by Gasteiger charge is 2.30. The summed E-state index contributed by atoms with van der Waals surface area (Å²) in [6.07, 6.45) is -1.18. The minimum absolute atomic E-state index is 0.124. The minimum atomic E-state index is -4.47. The van der Waals surface area contributed by atoms with Crippen molar-refractivity contribution in [1.29, 1.82) is 0 Å². The maximum atomic E-state index is 12.4. The molecule has 0 aliphatic carbocycles. The SMILES string of the molecule is CNC1CCCN(c2cnn(CC(F)(F)F)c(=O)c2Br)C1. The highest BCUT2D eigenvalue weighted by Crippen LogP contribution is 2.25. The number of hydrogen-bond acceptors (Lipinski definition) is 4. The molecule has 21 heavy (non-hydrogen) atoms. The zero-order valence-electron chi connectivity index (χ0n) is 11.5. The molecule has 1 unspecified atom stereocenters. The lowest BCUT2D eigenvalue weighted by Gasteiger charge is -2.34. The summed E-state index contributed by atoms with van der Waals surface area (Å²) in [5.74, 6) is 0. The fourth-order valence-corrected chi connectivity index (χ4v) is 2.95. The molecule has 1 aromatic heterocycles. The van der Waals surface area contributed by atoms with E-state index in [1.165, 1.54) is 6.20 Å². The van der Waals surface area contributed by atoms with Crippen LogP contribution in [-0.2, 0) is 6.54 Å². The Labute approximate surface area is 128 Å². The van der Waals surface area contributed by atoms with Gasteiger partial charge in [-0.05, 0) is 35.8 Å². The Hall–Kier alpha value is -1.09. The molecule has 1 aromatic rings. The normalized spacial score (nSPS) is 19.9. The molecular weight excluding hydrogens is 353 g/mol. The maximum absolute atomic E-state index is 12.4. The molecule has 2 rings (SSSR count). The molecule has 1 saturated heterocycles. The Morgan fingerprint density at radius 3 is 2.86 bits per heavy atom. The number of nitrogens with zero attached hydrogens (tertiary/aromatic N) is 3. The monoisotopic (exact) mass is 368 g/mol. The van der Waals surface area contributed by atoms with E-state index in [0.29, 0.717) is 23.0 Å². The third-order valence-corrected chi connectivity index (χ3v) is 4.21. The lowest BCUT2D eigenvalue weighted by atomic mass is 10.1. The Morgan fingerprint density at radius 1 is 1.52 bits per heavy atom. The van der Waals surface area contributed by atoms with Gasteiger partial charge in [0.1, 0.15) is 11.0 Å². The van der Waals surface area contributed by atoms with Crippen molar-refractivity contribution in [2.24, 2.45) is 0 Å². The number of nitrogens with one attached hydrogen (secondary N) is 1. The molecule has 0 amide bonds. The van der Waals surface area contributed by atoms with Gasteiger partial charge in [-0.2, -0.15) is 18.3 Å². The van der Waals surface area contributed by atoms with Crippen LogP contribution in [0.2, 0.25) is 0 Å². The number of alkyl halides is 3. The Balaban J connectivity index is 2.26. The molecule has 0 saturated carbocycles. The molecule has 118 valence electrons. The molecule has 1 atom stereocenters. The van der Waals surface area contributed by atoms with Crippen molar-refractivity contribution in [1.82, 2.24) is 15.1 Å². The van der Waals surface area contributed by atoms with Crippen LogP contribution < -0.4 is 15.8 Å². The van der Waals surface area contributed by atoms with Crippen molar-refractivity contribution in [2.45, 2.75) is 31.6 Å². The van der Waals surface area contributed by atoms with E-state index in [9.17, 15) is 18.0 Å². The van der Waals surface area contributed by atoms with Crippen LogP contribution in [0.15, 0.2) is 15.5 Å². The summed E-state index contributed by atoms with van der Waals surface area (Å²) in [4.78, 5) is 13.9. The maximum Gasteiger partial charge on any atom is 0.408 e. The van der Waals surface area contributed by atoms with Gasteiger partial charge in [0.15, 0.2) is 0 Å². The van der Waals surface area contributed by atoms with E-state index in [4.69, 9.17) is 0 Å². The first-order chi connectivity index (χ1) is 9.81. The van der Waals surface area contributed by atoms with Gasteiger partial charge in [-0.15, -0.1) is 0 Å². The topological polar surface area (TPSA) is 50.2 Å². The van der Waals surface area contributed by atoms with Crippen molar-refractivity contribution in [3.05, 3.63) is 21.0 Å². The van der Waals surface area contributed by atoms with Crippen LogP contribution in [0.4, 0.5) is 18.9 Å². The van der Waals surface area contributed by atoms with Crippen LogP contribution in [0.25, 0.3) is 0 Å². The molecule has 9 heteroatoms. The molecule has 1 aliphatic rings. The largest absolute Gasteiger partial charge is 0.408 e. The third-order valence-electron chi connectivity index (χ3n) is 3.47. The smallest absolute Gasteiger partial charge is 0.368 e. The van der Waals surface area contributed by atoms with E-state index in [-0.39, 0.29) is 4.47 Å². The van der Waals surface area contributed by atoms with Crippen molar-refractivity contribution >= 4 is 21.6 Å². The predicted molar refractivity (Wildman–Crippen MR) is 76.5 cm³/mol. The van der Waals surface area contributed by atoms with E-state index in [1.54, 1.807) is 0 Å². The zero-order chi connectivity index (χ0) is 15.6. The molecule has 0 bridgehead atoms. The molecule has 1 N–H and O–H groups in total. The summed E-state index contributed by atoms with van der Waals surface area (Å²) in [6, 6.07) is 0.295. The third kappa shape index (κ3) is 3.97. The number of aromatic nitrogens is 2. The fraction of sp³-hybridized carbons (Fsp3) is 0.667. The molecule has 2 heterocycles. The van der Waals surface area contributed by atoms with E-state index in [0.717, 1.165) is 19.4 Å². The second-order valence-electron chi connectivity index (χ2n) is 5.00. The standard InChI is InChI=1S/C12H16BrF3N4O/c1-17-8-3-2-4-19(6-8)9-5-18-20(7-12(14,15)16)11(21)10(9)13/h5,8,17H,2-4,6-7H2,1H3. The Morgan fingerprint density at radius 2 is 2.24 bits per heavy atom. The summed E-state index contributed by atoms with van der Waals surface area (Å²) >= 11 is 3.11. The van der Waals surface area contributed by atoms with Gasteiger partial charge in [-0.25, -0.2) is 4.68 Å². The molecule has 0 spiro atoms. The summed E-state index contributed by atoms with van der Waals surface area (Å²) in [6.45, 7) is 0.0601. The van der Waals surface area contributed by atoms with Gasteiger partial charge in [0.2, 0.25) is 0 Å². The predicted octanol–water partition coefficient (Wildman–Crippen LogP) is 1.76. The quantitative estimate of drug-likeness (QED) is 0.882. The first-order valence-corrected chi connectivity index (χ1v) is 7.35. The second-order valence-corrected chi connectivity index (χ2v) is 5.79. The summed E-state index contributed by atoms with van der Waals surface area (Å²) in [5, 5.41) is 6.81. The number of piperidine rings is 1. The fourth-order valence-electron chi connectivity index (χ4n) is 2.39. The van der Waals surface area contributed by atoms with E-state index >= 15 is 0 Å². The lowest BCUT2D eigenvalue weighted by molar-refractivity contribution is -0.143. The van der Waals surface area contributed by atoms with Crippen LogP contribution in [0, 0.1) is 0 Å².